The van der Waals surface area contributed by atoms with Crippen molar-refractivity contribution >= 4 is 11.7 Å². The van der Waals surface area contributed by atoms with Crippen molar-refractivity contribution in [3.05, 3.63) is 35.7 Å². The van der Waals surface area contributed by atoms with Gasteiger partial charge in [0.05, 0.1) is 12.2 Å². The Morgan fingerprint density at radius 1 is 1.21 bits per heavy atom. The largest absolute Gasteiger partial charge is 0.396 e. The molecule has 0 spiro atoms. The fourth-order valence-electron chi connectivity index (χ4n) is 4.17. The van der Waals surface area contributed by atoms with E-state index in [9.17, 15) is 9.90 Å². The summed E-state index contributed by atoms with van der Waals surface area (Å²) in [6.07, 6.45) is 5.54. The van der Waals surface area contributed by atoms with E-state index in [-0.39, 0.29) is 12.5 Å². The molecular weight excluding hydrogens is 354 g/mol. The van der Waals surface area contributed by atoms with Crippen LogP contribution in [0.5, 0.6) is 0 Å². The second-order valence-electron chi connectivity index (χ2n) is 7.64. The summed E-state index contributed by atoms with van der Waals surface area (Å²) in [7, 11) is 0. The van der Waals surface area contributed by atoms with Crippen LogP contribution in [0.4, 0.5) is 5.82 Å². The minimum absolute atomic E-state index is 0.0787. The number of amides is 1. The van der Waals surface area contributed by atoms with E-state index < -0.39 is 0 Å². The molecule has 1 amide bonds. The quantitative estimate of drug-likeness (QED) is 0.873. The van der Waals surface area contributed by atoms with E-state index in [0.29, 0.717) is 24.8 Å². The first kappa shape index (κ1) is 18.8. The fourth-order valence-corrected chi connectivity index (χ4v) is 4.17. The van der Waals surface area contributed by atoms with Crippen LogP contribution in [0.2, 0.25) is 0 Å². The predicted molar refractivity (Wildman–Crippen MR) is 107 cm³/mol. The van der Waals surface area contributed by atoms with Gasteiger partial charge in [-0.25, -0.2) is 9.97 Å². The average molecular weight is 381 g/mol. The van der Waals surface area contributed by atoms with Gasteiger partial charge in [-0.3, -0.25) is 9.78 Å². The van der Waals surface area contributed by atoms with Gasteiger partial charge in [-0.05, 0) is 43.7 Å². The van der Waals surface area contributed by atoms with Crippen LogP contribution >= 0.6 is 0 Å². The third-order valence-corrected chi connectivity index (χ3v) is 5.83. The highest BCUT2D eigenvalue weighted by molar-refractivity contribution is 5.74. The molecule has 28 heavy (non-hydrogen) atoms. The van der Waals surface area contributed by atoms with Gasteiger partial charge in [-0.2, -0.15) is 0 Å². The Labute approximate surface area is 165 Å². The average Bonchev–Trinajstić information content (AvgIpc) is 2.74. The molecule has 0 unspecified atom stereocenters. The predicted octanol–water partition coefficient (Wildman–Crippen LogP) is 2.04. The van der Waals surface area contributed by atoms with Gasteiger partial charge in [0.1, 0.15) is 11.5 Å². The molecule has 7 heteroatoms. The fraction of sp³-hybridized carbons (Fsp3) is 0.524. The Kier molecular flexibility index (Phi) is 5.52. The lowest BCUT2D eigenvalue weighted by molar-refractivity contribution is -0.129. The highest BCUT2D eigenvalue weighted by atomic mass is 16.3. The molecule has 7 nitrogen and oxygen atoms in total. The molecule has 148 valence electrons. The number of hydrogen-bond donors (Lipinski definition) is 1. The van der Waals surface area contributed by atoms with Gasteiger partial charge in [0.25, 0.3) is 0 Å². The molecule has 2 aromatic rings. The summed E-state index contributed by atoms with van der Waals surface area (Å²) in [5.74, 6) is 2.28. The molecule has 1 N–H and O–H groups in total. The van der Waals surface area contributed by atoms with Crippen molar-refractivity contribution < 1.29 is 9.90 Å². The molecule has 0 bridgehead atoms. The van der Waals surface area contributed by atoms with Gasteiger partial charge in [0.2, 0.25) is 5.91 Å². The number of hydrogen-bond acceptors (Lipinski definition) is 6. The van der Waals surface area contributed by atoms with Gasteiger partial charge in [0, 0.05) is 44.9 Å². The Bertz CT molecular complexity index is 834. The molecule has 0 aromatic carbocycles. The second kappa shape index (κ2) is 8.22. The van der Waals surface area contributed by atoms with Crippen molar-refractivity contribution in [1.82, 2.24) is 19.9 Å². The number of pyridine rings is 1. The number of piperidine rings is 1. The van der Waals surface area contributed by atoms with Crippen LogP contribution in [0, 0.1) is 5.92 Å². The third kappa shape index (κ3) is 3.85. The lowest BCUT2D eigenvalue weighted by atomic mass is 9.93. The Morgan fingerprint density at radius 2 is 2.04 bits per heavy atom. The van der Waals surface area contributed by atoms with E-state index in [1.165, 1.54) is 0 Å². The molecule has 1 fully saturated rings. The van der Waals surface area contributed by atoms with Gasteiger partial charge in [-0.15, -0.1) is 0 Å². The highest BCUT2D eigenvalue weighted by Crippen LogP contribution is 2.32. The maximum atomic E-state index is 11.9. The van der Waals surface area contributed by atoms with Crippen LogP contribution in [-0.4, -0.2) is 57.1 Å². The summed E-state index contributed by atoms with van der Waals surface area (Å²) in [5.41, 5.74) is 2.85. The van der Waals surface area contributed by atoms with Crippen molar-refractivity contribution in [1.29, 1.82) is 0 Å². The van der Waals surface area contributed by atoms with Gasteiger partial charge in [-0.1, -0.05) is 6.07 Å². The number of fused-ring (bicyclic) bond motifs is 1. The zero-order chi connectivity index (χ0) is 19.5. The van der Waals surface area contributed by atoms with E-state index in [1.54, 1.807) is 13.1 Å². The Morgan fingerprint density at radius 3 is 2.71 bits per heavy atom. The van der Waals surface area contributed by atoms with Crippen LogP contribution in [0.15, 0.2) is 24.4 Å². The van der Waals surface area contributed by atoms with Crippen LogP contribution in [0.25, 0.3) is 11.5 Å². The van der Waals surface area contributed by atoms with Crippen molar-refractivity contribution in [2.45, 2.75) is 39.2 Å². The van der Waals surface area contributed by atoms with E-state index >= 15 is 0 Å². The molecule has 0 saturated carbocycles. The number of nitrogens with zero attached hydrogens (tertiary/aromatic N) is 5. The summed E-state index contributed by atoms with van der Waals surface area (Å²) in [5, 5.41) is 9.22. The SMILES string of the molecule is CC(=O)N1CCc2c(nc(-c3ccccn3)nc2N2CCC(CCO)CC2)C1. The van der Waals surface area contributed by atoms with E-state index in [4.69, 9.17) is 9.97 Å². The number of aromatic nitrogens is 3. The maximum absolute atomic E-state index is 11.9. The molecule has 1 saturated heterocycles. The number of carbonyl (C=O) groups excluding carboxylic acids is 1. The van der Waals surface area contributed by atoms with Crippen molar-refractivity contribution in [3.8, 4) is 11.5 Å². The van der Waals surface area contributed by atoms with Crippen molar-refractivity contribution in [2.75, 3.05) is 31.1 Å². The standard InChI is InChI=1S/C21H27N5O2/c1-15(28)26-12-7-17-19(14-26)23-20(18-4-2-3-9-22-18)24-21(17)25-10-5-16(6-11-25)8-13-27/h2-4,9,16,27H,5-8,10-14H2,1H3. The first-order valence-electron chi connectivity index (χ1n) is 10.1. The lowest BCUT2D eigenvalue weighted by Gasteiger charge is -2.36. The van der Waals surface area contributed by atoms with Gasteiger partial charge in [0.15, 0.2) is 5.82 Å². The van der Waals surface area contributed by atoms with Gasteiger partial charge >= 0.3 is 0 Å². The van der Waals surface area contributed by atoms with Crippen LogP contribution in [0.1, 0.15) is 37.4 Å². The topological polar surface area (TPSA) is 82.5 Å². The summed E-state index contributed by atoms with van der Waals surface area (Å²) >= 11 is 0. The number of carbonyl (C=O) groups is 1. The molecular formula is C21H27N5O2. The first-order valence-corrected chi connectivity index (χ1v) is 10.1. The van der Waals surface area contributed by atoms with Crippen molar-refractivity contribution in [3.63, 3.8) is 0 Å². The monoisotopic (exact) mass is 381 g/mol. The van der Waals surface area contributed by atoms with Crippen LogP contribution in [0.3, 0.4) is 0 Å². The summed E-state index contributed by atoms with van der Waals surface area (Å²) in [6, 6.07) is 5.74. The Hall–Kier alpha value is -2.54. The second-order valence-corrected chi connectivity index (χ2v) is 7.64. The Balaban J connectivity index is 1.69. The molecule has 2 aromatic heterocycles. The number of aliphatic hydroxyl groups excluding tert-OH is 1. The van der Waals surface area contributed by atoms with Crippen LogP contribution in [-0.2, 0) is 17.8 Å². The smallest absolute Gasteiger partial charge is 0.219 e. The summed E-state index contributed by atoms with van der Waals surface area (Å²) in [6.45, 7) is 4.99. The third-order valence-electron chi connectivity index (χ3n) is 5.83. The minimum Gasteiger partial charge on any atom is -0.396 e. The lowest BCUT2D eigenvalue weighted by Crippen LogP contribution is -2.39. The van der Waals surface area contributed by atoms with Crippen molar-refractivity contribution in [2.24, 2.45) is 5.92 Å². The van der Waals surface area contributed by atoms with E-state index in [2.05, 4.69) is 9.88 Å². The zero-order valence-corrected chi connectivity index (χ0v) is 16.3. The molecule has 0 aliphatic carbocycles. The highest BCUT2D eigenvalue weighted by Gasteiger charge is 2.28. The van der Waals surface area contributed by atoms with E-state index in [1.807, 2.05) is 23.1 Å². The number of aliphatic hydroxyl groups is 1. The molecule has 2 aliphatic rings. The normalized spacial score (nSPS) is 17.5. The molecule has 2 aliphatic heterocycles. The molecule has 0 radical (unpaired) electrons. The minimum atomic E-state index is 0.0787. The van der Waals surface area contributed by atoms with Gasteiger partial charge < -0.3 is 14.9 Å². The summed E-state index contributed by atoms with van der Waals surface area (Å²) in [4.78, 5) is 30.2. The maximum Gasteiger partial charge on any atom is 0.219 e. The summed E-state index contributed by atoms with van der Waals surface area (Å²) < 4.78 is 0. The zero-order valence-electron chi connectivity index (χ0n) is 16.3. The molecule has 4 rings (SSSR count). The van der Waals surface area contributed by atoms with Crippen LogP contribution < -0.4 is 4.90 Å². The van der Waals surface area contributed by atoms with E-state index in [0.717, 1.165) is 61.5 Å². The molecule has 4 heterocycles. The number of anilines is 1. The first-order chi connectivity index (χ1) is 13.7. The molecule has 0 atom stereocenters. The number of rotatable bonds is 4.